The summed E-state index contributed by atoms with van der Waals surface area (Å²) in [7, 11) is 0. The van der Waals surface area contributed by atoms with E-state index in [4.69, 9.17) is 39.5 Å². The second-order valence-electron chi connectivity index (χ2n) is 7.64. The molecule has 1 heterocycles. The van der Waals surface area contributed by atoms with Crippen LogP contribution in [0.4, 0.5) is 5.69 Å². The van der Waals surface area contributed by atoms with Gasteiger partial charge >= 0.3 is 5.97 Å². The summed E-state index contributed by atoms with van der Waals surface area (Å²) in [5.41, 5.74) is 2.10. The third-order valence-corrected chi connectivity index (χ3v) is 6.96. The smallest absolute Gasteiger partial charge is 0.335 e. The maximum Gasteiger partial charge on any atom is 0.335 e. The van der Waals surface area contributed by atoms with E-state index in [1.807, 2.05) is 19.1 Å². The number of halogens is 3. The van der Waals surface area contributed by atoms with E-state index >= 15 is 0 Å². The summed E-state index contributed by atoms with van der Waals surface area (Å²) >= 11 is 20.0. The molecule has 10 heteroatoms. The van der Waals surface area contributed by atoms with Crippen molar-refractivity contribution in [2.45, 2.75) is 13.5 Å². The number of nitrogens with zero attached hydrogens (tertiary/aromatic N) is 2. The van der Waals surface area contributed by atoms with Gasteiger partial charge in [0.15, 0.2) is 10.9 Å². The molecule has 1 saturated heterocycles. The van der Waals surface area contributed by atoms with Gasteiger partial charge in [-0.3, -0.25) is 9.69 Å². The molecule has 0 radical (unpaired) electrons. The van der Waals surface area contributed by atoms with Crippen molar-refractivity contribution in [2.75, 3.05) is 6.54 Å². The Hall–Kier alpha value is -2.97. The Morgan fingerprint density at radius 1 is 1.08 bits per heavy atom. The van der Waals surface area contributed by atoms with Crippen molar-refractivity contribution in [3.63, 3.8) is 0 Å². The molecular weight excluding hydrogens is 543 g/mol. The Bertz CT molecular complexity index is 1370. The first kappa shape index (κ1) is 26.1. The quantitative estimate of drug-likeness (QED) is 0.301. The van der Waals surface area contributed by atoms with E-state index in [9.17, 15) is 14.7 Å². The first-order valence-electron chi connectivity index (χ1n) is 10.7. The van der Waals surface area contributed by atoms with Crippen molar-refractivity contribution in [2.24, 2.45) is 4.99 Å². The summed E-state index contributed by atoms with van der Waals surface area (Å²) in [5.74, 6) is -0.919. The molecule has 1 fully saturated rings. The maximum atomic E-state index is 13.0. The van der Waals surface area contributed by atoms with Crippen LogP contribution in [0.3, 0.4) is 0 Å². The van der Waals surface area contributed by atoms with E-state index in [2.05, 4.69) is 4.99 Å². The Morgan fingerprint density at radius 3 is 2.42 bits per heavy atom. The number of hydrogen-bond acceptors (Lipinski definition) is 5. The summed E-state index contributed by atoms with van der Waals surface area (Å²) in [6.45, 7) is 2.50. The lowest BCUT2D eigenvalue weighted by molar-refractivity contribution is -0.122. The fourth-order valence-corrected chi connectivity index (χ4v) is 5.18. The minimum atomic E-state index is -1.05. The molecule has 0 unspecified atom stereocenters. The number of carbonyl (C=O) groups excluding carboxylic acids is 1. The normalized spacial score (nSPS) is 15.7. The van der Waals surface area contributed by atoms with Crippen molar-refractivity contribution in [3.05, 3.63) is 97.3 Å². The molecule has 0 spiro atoms. The highest BCUT2D eigenvalue weighted by Gasteiger charge is 2.32. The number of carboxylic acids is 1. The molecular formula is C26H19Cl3N2O4S. The molecule has 1 aliphatic rings. The van der Waals surface area contributed by atoms with Crippen LogP contribution in [0.25, 0.3) is 6.08 Å². The molecule has 0 atom stereocenters. The van der Waals surface area contributed by atoms with Crippen LogP contribution in [0, 0.1) is 0 Å². The summed E-state index contributed by atoms with van der Waals surface area (Å²) in [6.07, 6.45) is 1.69. The van der Waals surface area contributed by atoms with Crippen LogP contribution < -0.4 is 4.74 Å². The Morgan fingerprint density at radius 2 is 1.78 bits per heavy atom. The average Bonchev–Trinajstić information content (AvgIpc) is 3.13. The predicted octanol–water partition coefficient (Wildman–Crippen LogP) is 7.55. The van der Waals surface area contributed by atoms with Crippen molar-refractivity contribution in [1.82, 2.24) is 4.90 Å². The number of thioether (sulfide) groups is 1. The molecule has 36 heavy (non-hydrogen) atoms. The van der Waals surface area contributed by atoms with E-state index in [-0.39, 0.29) is 18.1 Å². The minimum Gasteiger partial charge on any atom is -0.486 e. The number of benzene rings is 3. The standard InChI is InChI=1S/C26H19Cl3N2O4S/c1-2-31-24(32)22(36-26(31)30-19-5-3-4-17(13-19)25(33)34)12-16-10-20(28)23(21(29)11-16)35-14-15-6-8-18(27)9-7-15/h3-13H,2,14H2,1H3,(H,33,34)/b22-12-,30-26?. The zero-order valence-electron chi connectivity index (χ0n) is 18.9. The van der Waals surface area contributed by atoms with E-state index in [1.165, 1.54) is 28.8 Å². The summed E-state index contributed by atoms with van der Waals surface area (Å²) in [5, 5.41) is 10.9. The van der Waals surface area contributed by atoms with Crippen LogP contribution in [-0.2, 0) is 11.4 Å². The first-order chi connectivity index (χ1) is 17.2. The van der Waals surface area contributed by atoms with Crippen molar-refractivity contribution < 1.29 is 19.4 Å². The fourth-order valence-electron chi connectivity index (χ4n) is 3.38. The summed E-state index contributed by atoms with van der Waals surface area (Å²) < 4.78 is 5.82. The van der Waals surface area contributed by atoms with Gasteiger partial charge in [0.25, 0.3) is 5.91 Å². The molecule has 1 amide bonds. The number of amidine groups is 1. The highest BCUT2D eigenvalue weighted by atomic mass is 35.5. The number of rotatable bonds is 7. The van der Waals surface area contributed by atoms with Crippen LogP contribution in [0.5, 0.6) is 5.75 Å². The van der Waals surface area contributed by atoms with Gasteiger partial charge in [0.2, 0.25) is 0 Å². The molecule has 0 saturated carbocycles. The molecule has 6 nitrogen and oxygen atoms in total. The van der Waals surface area contributed by atoms with Crippen molar-refractivity contribution in [1.29, 1.82) is 0 Å². The van der Waals surface area contributed by atoms with Crippen LogP contribution >= 0.6 is 46.6 Å². The van der Waals surface area contributed by atoms with E-state index in [0.29, 0.717) is 48.7 Å². The number of likely N-dealkylation sites (N-methyl/N-ethyl adjacent to an activating group) is 1. The van der Waals surface area contributed by atoms with Gasteiger partial charge in [0.1, 0.15) is 6.61 Å². The predicted molar refractivity (Wildman–Crippen MR) is 146 cm³/mol. The SMILES string of the molecule is CCN1C(=O)/C(=C/c2cc(Cl)c(OCc3ccc(Cl)cc3)c(Cl)c2)SC1=Nc1cccc(C(=O)O)c1. The minimum absolute atomic E-state index is 0.118. The van der Waals surface area contributed by atoms with Gasteiger partial charge in [-0.05, 0) is 78.4 Å². The van der Waals surface area contributed by atoms with Crippen LogP contribution in [0.15, 0.2) is 70.6 Å². The number of aromatic carboxylic acids is 1. The number of carboxylic acid groups (broad SMARTS) is 1. The van der Waals surface area contributed by atoms with Gasteiger partial charge in [-0.15, -0.1) is 0 Å². The Labute approximate surface area is 227 Å². The summed E-state index contributed by atoms with van der Waals surface area (Å²) in [4.78, 5) is 30.7. The summed E-state index contributed by atoms with van der Waals surface area (Å²) in [6, 6.07) is 16.8. The number of ether oxygens (including phenoxy) is 1. The second kappa shape index (κ2) is 11.4. The van der Waals surface area contributed by atoms with E-state index in [1.54, 1.807) is 42.5 Å². The third kappa shape index (κ3) is 6.05. The van der Waals surface area contributed by atoms with Gasteiger partial charge in [-0.1, -0.05) is 53.0 Å². The number of amides is 1. The lowest BCUT2D eigenvalue weighted by atomic mass is 10.2. The topological polar surface area (TPSA) is 79.2 Å². The van der Waals surface area contributed by atoms with Gasteiger partial charge < -0.3 is 9.84 Å². The highest BCUT2D eigenvalue weighted by Crippen LogP contribution is 2.38. The molecule has 4 rings (SSSR count). The third-order valence-electron chi connectivity index (χ3n) is 5.14. The molecule has 1 aliphatic heterocycles. The molecule has 184 valence electrons. The number of aliphatic imine (C=N–C) groups is 1. The van der Waals surface area contributed by atoms with Gasteiger partial charge in [-0.25, -0.2) is 9.79 Å². The largest absolute Gasteiger partial charge is 0.486 e. The number of hydrogen-bond donors (Lipinski definition) is 1. The maximum absolute atomic E-state index is 13.0. The fraction of sp³-hybridized carbons (Fsp3) is 0.115. The Kier molecular flexibility index (Phi) is 8.26. The molecule has 3 aromatic carbocycles. The highest BCUT2D eigenvalue weighted by molar-refractivity contribution is 8.18. The second-order valence-corrected chi connectivity index (χ2v) is 9.90. The van der Waals surface area contributed by atoms with Gasteiger partial charge in [0, 0.05) is 11.6 Å². The van der Waals surface area contributed by atoms with Crippen molar-refractivity contribution >= 4 is 75.4 Å². The van der Waals surface area contributed by atoms with Crippen LogP contribution in [0.1, 0.15) is 28.4 Å². The lowest BCUT2D eigenvalue weighted by Crippen LogP contribution is -2.28. The van der Waals surface area contributed by atoms with Gasteiger partial charge in [0.05, 0.1) is 26.2 Å². The van der Waals surface area contributed by atoms with Gasteiger partial charge in [-0.2, -0.15) is 0 Å². The molecule has 0 aromatic heterocycles. The molecule has 3 aromatic rings. The van der Waals surface area contributed by atoms with E-state index < -0.39 is 5.97 Å². The molecule has 1 N–H and O–H groups in total. The van der Waals surface area contributed by atoms with Crippen molar-refractivity contribution in [3.8, 4) is 5.75 Å². The average molecular weight is 562 g/mol. The lowest BCUT2D eigenvalue weighted by Gasteiger charge is -2.12. The zero-order valence-corrected chi connectivity index (χ0v) is 22.0. The molecule has 0 aliphatic carbocycles. The van der Waals surface area contributed by atoms with Crippen LogP contribution in [0.2, 0.25) is 15.1 Å². The molecule has 0 bridgehead atoms. The first-order valence-corrected chi connectivity index (χ1v) is 12.7. The van der Waals surface area contributed by atoms with Crippen LogP contribution in [-0.4, -0.2) is 33.6 Å². The number of carbonyl (C=O) groups is 2. The monoisotopic (exact) mass is 560 g/mol. The Balaban J connectivity index is 1.56. The zero-order chi connectivity index (χ0) is 25.8. The van der Waals surface area contributed by atoms with E-state index in [0.717, 1.165) is 5.56 Å².